The van der Waals surface area contributed by atoms with Gasteiger partial charge in [0.1, 0.15) is 0 Å². The number of nitrogens with one attached hydrogen (secondary N) is 1. The molecule has 2 aliphatic rings. The van der Waals surface area contributed by atoms with Crippen LogP contribution in [0.3, 0.4) is 0 Å². The summed E-state index contributed by atoms with van der Waals surface area (Å²) in [7, 11) is 0. The molecule has 1 N–H and O–H groups in total. The van der Waals surface area contributed by atoms with E-state index in [4.69, 9.17) is 9.47 Å². The predicted molar refractivity (Wildman–Crippen MR) is 84.9 cm³/mol. The molecule has 0 aliphatic carbocycles. The maximum Gasteiger partial charge on any atom is 0.416 e. The van der Waals surface area contributed by atoms with Crippen LogP contribution in [0.15, 0.2) is 24.3 Å². The molecule has 1 aromatic carbocycles. The number of alkyl halides is 3. The third kappa shape index (κ3) is 4.49. The average Bonchev–Trinajstić information content (AvgIpc) is 2.55. The lowest BCUT2D eigenvalue weighted by atomic mass is 9.84. The highest BCUT2D eigenvalue weighted by Crippen LogP contribution is 2.34. The van der Waals surface area contributed by atoms with Crippen LogP contribution in [0.4, 0.5) is 13.2 Å². The van der Waals surface area contributed by atoms with Crippen molar-refractivity contribution in [1.82, 2.24) is 5.32 Å². The molecular formula is C18H24F3NO2. The predicted octanol–water partition coefficient (Wildman–Crippen LogP) is 3.57. The lowest BCUT2D eigenvalue weighted by molar-refractivity contribution is -0.140. The van der Waals surface area contributed by atoms with Gasteiger partial charge in [0.05, 0.1) is 11.2 Å². The lowest BCUT2D eigenvalue weighted by Crippen LogP contribution is -2.50. The molecule has 0 bridgehead atoms. The number of benzene rings is 1. The largest absolute Gasteiger partial charge is 0.416 e. The highest BCUT2D eigenvalue weighted by Gasteiger charge is 2.38. The Labute approximate surface area is 140 Å². The fourth-order valence-corrected chi connectivity index (χ4v) is 3.62. The van der Waals surface area contributed by atoms with Crippen molar-refractivity contribution in [2.24, 2.45) is 0 Å². The van der Waals surface area contributed by atoms with E-state index >= 15 is 0 Å². The summed E-state index contributed by atoms with van der Waals surface area (Å²) < 4.78 is 49.7. The fraction of sp³-hybridized carbons (Fsp3) is 0.667. The smallest absolute Gasteiger partial charge is 0.381 e. The molecule has 0 amide bonds. The quantitative estimate of drug-likeness (QED) is 0.907. The van der Waals surface area contributed by atoms with Crippen LogP contribution < -0.4 is 5.32 Å². The number of rotatable bonds is 4. The third-order valence-corrected chi connectivity index (χ3v) is 5.00. The van der Waals surface area contributed by atoms with Crippen LogP contribution in [0.25, 0.3) is 0 Å². The lowest BCUT2D eigenvalue weighted by Gasteiger charge is -2.43. The first kappa shape index (κ1) is 17.7. The van der Waals surface area contributed by atoms with Crippen LogP contribution in [0.5, 0.6) is 0 Å². The van der Waals surface area contributed by atoms with Gasteiger partial charge >= 0.3 is 6.18 Å². The Morgan fingerprint density at radius 3 is 2.71 bits per heavy atom. The van der Waals surface area contributed by atoms with Crippen molar-refractivity contribution in [2.75, 3.05) is 26.4 Å². The summed E-state index contributed by atoms with van der Waals surface area (Å²) in [5.74, 6) is 0. The maximum atomic E-state index is 12.7. The molecule has 3 rings (SSSR count). The SMILES string of the molecule is FC(F)(F)c1cccc(CCNC2CCOC3(CCOCC3)C2)c1. The number of ether oxygens (including phenoxy) is 2. The molecule has 6 heteroatoms. The summed E-state index contributed by atoms with van der Waals surface area (Å²) in [6, 6.07) is 5.95. The second kappa shape index (κ2) is 7.42. The molecule has 0 saturated carbocycles. The van der Waals surface area contributed by atoms with E-state index < -0.39 is 11.7 Å². The Morgan fingerprint density at radius 2 is 1.96 bits per heavy atom. The first-order valence-electron chi connectivity index (χ1n) is 8.58. The van der Waals surface area contributed by atoms with Crippen LogP contribution in [0.2, 0.25) is 0 Å². The summed E-state index contributed by atoms with van der Waals surface area (Å²) >= 11 is 0. The molecule has 2 aliphatic heterocycles. The second-order valence-corrected chi connectivity index (χ2v) is 6.74. The van der Waals surface area contributed by atoms with Crippen LogP contribution in [0.1, 0.15) is 36.8 Å². The first-order valence-corrected chi connectivity index (χ1v) is 8.58. The van der Waals surface area contributed by atoms with E-state index in [0.29, 0.717) is 24.6 Å². The molecule has 2 heterocycles. The van der Waals surface area contributed by atoms with Crippen LogP contribution in [0, 0.1) is 0 Å². The van der Waals surface area contributed by atoms with Gasteiger partial charge in [0, 0.05) is 25.9 Å². The van der Waals surface area contributed by atoms with Gasteiger partial charge in [-0.1, -0.05) is 18.2 Å². The summed E-state index contributed by atoms with van der Waals surface area (Å²) in [5, 5.41) is 3.50. The summed E-state index contributed by atoms with van der Waals surface area (Å²) in [5.41, 5.74) is 0.0714. The molecule has 0 radical (unpaired) electrons. The van der Waals surface area contributed by atoms with E-state index in [1.54, 1.807) is 6.07 Å². The second-order valence-electron chi connectivity index (χ2n) is 6.74. The molecular weight excluding hydrogens is 319 g/mol. The van der Waals surface area contributed by atoms with E-state index in [9.17, 15) is 13.2 Å². The highest BCUT2D eigenvalue weighted by molar-refractivity contribution is 5.25. The van der Waals surface area contributed by atoms with Crippen molar-refractivity contribution in [3.8, 4) is 0 Å². The van der Waals surface area contributed by atoms with E-state index in [2.05, 4.69) is 5.32 Å². The zero-order chi connectivity index (χ0) is 17.0. The number of halogens is 3. The van der Waals surface area contributed by atoms with Gasteiger partial charge in [-0.25, -0.2) is 0 Å². The highest BCUT2D eigenvalue weighted by atomic mass is 19.4. The Morgan fingerprint density at radius 1 is 1.17 bits per heavy atom. The van der Waals surface area contributed by atoms with Crippen LogP contribution in [-0.4, -0.2) is 38.0 Å². The van der Waals surface area contributed by atoms with Crippen molar-refractivity contribution < 1.29 is 22.6 Å². The third-order valence-electron chi connectivity index (χ3n) is 5.00. The minimum Gasteiger partial charge on any atom is -0.381 e. The summed E-state index contributed by atoms with van der Waals surface area (Å²) in [6.07, 6.45) is 0.0821. The number of hydrogen-bond donors (Lipinski definition) is 1. The molecule has 2 fully saturated rings. The van der Waals surface area contributed by atoms with Gasteiger partial charge in [0.2, 0.25) is 0 Å². The van der Waals surface area contributed by atoms with E-state index in [1.807, 2.05) is 0 Å². The minimum absolute atomic E-state index is 0.0651. The molecule has 1 aromatic rings. The topological polar surface area (TPSA) is 30.5 Å². The van der Waals surface area contributed by atoms with Gasteiger partial charge in [-0.3, -0.25) is 0 Å². The Hall–Kier alpha value is -1.11. The van der Waals surface area contributed by atoms with E-state index in [0.717, 1.165) is 51.6 Å². The molecule has 0 aromatic heterocycles. The summed E-state index contributed by atoms with van der Waals surface area (Å²) in [4.78, 5) is 0. The Balaban J connectivity index is 1.49. The molecule has 1 spiro atoms. The van der Waals surface area contributed by atoms with E-state index in [1.165, 1.54) is 12.1 Å². The van der Waals surface area contributed by atoms with Crippen LogP contribution in [-0.2, 0) is 22.1 Å². The molecule has 24 heavy (non-hydrogen) atoms. The van der Waals surface area contributed by atoms with Crippen molar-refractivity contribution in [1.29, 1.82) is 0 Å². The zero-order valence-corrected chi connectivity index (χ0v) is 13.7. The summed E-state index contributed by atoms with van der Waals surface area (Å²) in [6.45, 7) is 2.91. The van der Waals surface area contributed by atoms with Gasteiger partial charge < -0.3 is 14.8 Å². The van der Waals surface area contributed by atoms with Crippen molar-refractivity contribution >= 4 is 0 Å². The van der Waals surface area contributed by atoms with Crippen molar-refractivity contribution in [3.63, 3.8) is 0 Å². The fourth-order valence-electron chi connectivity index (χ4n) is 3.62. The molecule has 1 atom stereocenters. The molecule has 2 saturated heterocycles. The average molecular weight is 343 g/mol. The van der Waals surface area contributed by atoms with Gasteiger partial charge in [-0.15, -0.1) is 0 Å². The number of hydrogen-bond acceptors (Lipinski definition) is 3. The monoisotopic (exact) mass is 343 g/mol. The van der Waals surface area contributed by atoms with Crippen molar-refractivity contribution in [3.05, 3.63) is 35.4 Å². The first-order chi connectivity index (χ1) is 11.5. The van der Waals surface area contributed by atoms with Crippen molar-refractivity contribution in [2.45, 2.75) is 49.9 Å². The van der Waals surface area contributed by atoms with Gasteiger partial charge in [0.15, 0.2) is 0 Å². The van der Waals surface area contributed by atoms with Gasteiger partial charge in [-0.2, -0.15) is 13.2 Å². The minimum atomic E-state index is -4.28. The molecule has 1 unspecified atom stereocenters. The molecule has 3 nitrogen and oxygen atoms in total. The van der Waals surface area contributed by atoms with E-state index in [-0.39, 0.29) is 5.60 Å². The molecule has 134 valence electrons. The van der Waals surface area contributed by atoms with Crippen LogP contribution >= 0.6 is 0 Å². The Kier molecular flexibility index (Phi) is 5.47. The van der Waals surface area contributed by atoms with Gasteiger partial charge in [-0.05, 0) is 50.3 Å². The maximum absolute atomic E-state index is 12.7. The standard InChI is InChI=1S/C18H24F3NO2/c19-18(20,21)15-3-1-2-14(12-15)4-8-22-16-5-9-24-17(13-16)6-10-23-11-7-17/h1-3,12,16,22H,4-11,13H2. The van der Waals surface area contributed by atoms with Gasteiger partial charge in [0.25, 0.3) is 0 Å². The Bertz CT molecular complexity index is 536. The zero-order valence-electron chi connectivity index (χ0n) is 13.7. The normalized spacial score (nSPS) is 24.2.